The van der Waals surface area contributed by atoms with Crippen molar-refractivity contribution >= 4 is 0 Å². The van der Waals surface area contributed by atoms with Gasteiger partial charge in [0.05, 0.1) is 6.54 Å². The van der Waals surface area contributed by atoms with Crippen LogP contribution in [0.4, 0.5) is 0 Å². The molecule has 5 heteroatoms. The summed E-state index contributed by atoms with van der Waals surface area (Å²) in [5, 5.41) is 8.14. The maximum absolute atomic E-state index is 5.58. The summed E-state index contributed by atoms with van der Waals surface area (Å²) in [6.45, 7) is 7.49. The van der Waals surface area contributed by atoms with Crippen LogP contribution in [0.25, 0.3) is 0 Å². The highest BCUT2D eigenvalue weighted by Gasteiger charge is 2.45. The molecule has 1 atom stereocenters. The van der Waals surface area contributed by atoms with E-state index >= 15 is 0 Å². The molecule has 2 saturated heterocycles. The highest BCUT2D eigenvalue weighted by atomic mass is 16.4. The molecule has 1 unspecified atom stereocenters. The summed E-state index contributed by atoms with van der Waals surface area (Å²) in [4.78, 5) is 5.31. The van der Waals surface area contributed by atoms with Crippen molar-refractivity contribution < 1.29 is 4.42 Å². The summed E-state index contributed by atoms with van der Waals surface area (Å²) in [6.07, 6.45) is 6.72. The van der Waals surface area contributed by atoms with Crippen molar-refractivity contribution in [1.82, 2.24) is 20.0 Å². The van der Waals surface area contributed by atoms with Gasteiger partial charge in [0, 0.05) is 26.1 Å². The second-order valence-electron chi connectivity index (χ2n) is 8.96. The number of hydrogen-bond donors (Lipinski definition) is 0. The number of likely N-dealkylation sites (tertiary alicyclic amines) is 2. The minimum absolute atomic E-state index is 0.475. The van der Waals surface area contributed by atoms with Gasteiger partial charge in [-0.05, 0) is 62.1 Å². The summed E-state index contributed by atoms with van der Waals surface area (Å²) >= 11 is 0. The van der Waals surface area contributed by atoms with Crippen LogP contribution >= 0.6 is 0 Å². The van der Waals surface area contributed by atoms with Gasteiger partial charge >= 0.3 is 0 Å². The topological polar surface area (TPSA) is 45.4 Å². The molecule has 5 rings (SSSR count). The van der Waals surface area contributed by atoms with E-state index in [9.17, 15) is 0 Å². The molecule has 1 aromatic carbocycles. The van der Waals surface area contributed by atoms with Crippen LogP contribution in [0.5, 0.6) is 0 Å². The van der Waals surface area contributed by atoms with Crippen LogP contribution in [0.3, 0.4) is 0 Å². The van der Waals surface area contributed by atoms with E-state index in [2.05, 4.69) is 50.3 Å². The van der Waals surface area contributed by atoms with E-state index in [0.29, 0.717) is 17.2 Å². The van der Waals surface area contributed by atoms with E-state index in [1.165, 1.54) is 50.8 Å². The third-order valence-corrected chi connectivity index (χ3v) is 6.85. The Morgan fingerprint density at radius 3 is 2.56 bits per heavy atom. The van der Waals surface area contributed by atoms with Gasteiger partial charge < -0.3 is 4.42 Å². The molecular formula is C22H30N4O. The minimum Gasteiger partial charge on any atom is -0.424 e. The van der Waals surface area contributed by atoms with E-state index in [4.69, 9.17) is 4.42 Å². The third kappa shape index (κ3) is 3.81. The van der Waals surface area contributed by atoms with Gasteiger partial charge in [0.2, 0.25) is 11.8 Å². The first kappa shape index (κ1) is 17.4. The zero-order chi connectivity index (χ0) is 18.3. The molecule has 3 heterocycles. The van der Waals surface area contributed by atoms with Crippen LogP contribution in [0.1, 0.15) is 55.4 Å². The van der Waals surface area contributed by atoms with Crippen molar-refractivity contribution in [3.05, 3.63) is 47.7 Å². The number of aryl methyl sites for hydroxylation is 1. The Morgan fingerprint density at radius 2 is 1.89 bits per heavy atom. The van der Waals surface area contributed by atoms with E-state index in [0.717, 1.165) is 31.6 Å². The number of rotatable bonds is 4. The molecule has 0 N–H and O–H groups in total. The summed E-state index contributed by atoms with van der Waals surface area (Å²) in [5.41, 5.74) is 2.01. The van der Waals surface area contributed by atoms with Gasteiger partial charge in [0.1, 0.15) is 0 Å². The molecule has 3 aliphatic rings. The van der Waals surface area contributed by atoms with Gasteiger partial charge in [0.15, 0.2) is 0 Å². The molecular weight excluding hydrogens is 336 g/mol. The number of hydrogen-bond acceptors (Lipinski definition) is 5. The standard InChI is InChI=1S/C22H30N4O/c1-17-23-24-21(27-17)15-25-11-9-22(10-12-25)13-19(18-5-3-2-4-6-18)14-26(16-22)20-7-8-20/h2-6,19-20H,7-16H2,1H3. The van der Waals surface area contributed by atoms with Crippen LogP contribution in [-0.4, -0.2) is 52.2 Å². The first-order valence-electron chi connectivity index (χ1n) is 10.5. The van der Waals surface area contributed by atoms with Crippen molar-refractivity contribution in [2.24, 2.45) is 5.41 Å². The fourth-order valence-electron chi connectivity index (χ4n) is 5.24. The quantitative estimate of drug-likeness (QED) is 0.827. The Morgan fingerprint density at radius 1 is 1.11 bits per heavy atom. The summed E-state index contributed by atoms with van der Waals surface area (Å²) in [6, 6.07) is 12.1. The van der Waals surface area contributed by atoms with E-state index in [1.807, 2.05) is 6.92 Å². The van der Waals surface area contributed by atoms with Gasteiger partial charge in [-0.15, -0.1) is 10.2 Å². The van der Waals surface area contributed by atoms with Gasteiger partial charge in [-0.3, -0.25) is 9.80 Å². The minimum atomic E-state index is 0.475. The Balaban J connectivity index is 1.28. The molecule has 144 valence electrons. The zero-order valence-electron chi connectivity index (χ0n) is 16.3. The van der Waals surface area contributed by atoms with Crippen molar-refractivity contribution in [1.29, 1.82) is 0 Å². The molecule has 5 nitrogen and oxygen atoms in total. The number of piperidine rings is 2. The lowest BCUT2D eigenvalue weighted by molar-refractivity contribution is 0.00643. The van der Waals surface area contributed by atoms with Crippen molar-refractivity contribution in [3.63, 3.8) is 0 Å². The largest absolute Gasteiger partial charge is 0.424 e. The second kappa shape index (κ2) is 7.02. The SMILES string of the molecule is Cc1nnc(CN2CCC3(CC2)CC(c2ccccc2)CN(C2CC2)C3)o1. The number of nitrogens with zero attached hydrogens (tertiary/aromatic N) is 4. The smallest absolute Gasteiger partial charge is 0.230 e. The summed E-state index contributed by atoms with van der Waals surface area (Å²) in [5.74, 6) is 2.11. The van der Waals surface area contributed by atoms with Gasteiger partial charge in [-0.1, -0.05) is 30.3 Å². The molecule has 0 radical (unpaired) electrons. The van der Waals surface area contributed by atoms with Gasteiger partial charge in [-0.25, -0.2) is 0 Å². The van der Waals surface area contributed by atoms with Crippen LogP contribution in [0.15, 0.2) is 34.7 Å². The fraction of sp³-hybridized carbons (Fsp3) is 0.636. The van der Waals surface area contributed by atoms with Crippen LogP contribution in [-0.2, 0) is 6.54 Å². The van der Waals surface area contributed by atoms with Crippen LogP contribution in [0, 0.1) is 12.3 Å². The molecule has 1 aromatic heterocycles. The van der Waals surface area contributed by atoms with E-state index in [1.54, 1.807) is 0 Å². The first-order chi connectivity index (χ1) is 13.2. The molecule has 1 saturated carbocycles. The second-order valence-corrected chi connectivity index (χ2v) is 8.96. The first-order valence-corrected chi connectivity index (χ1v) is 10.5. The van der Waals surface area contributed by atoms with Gasteiger partial charge in [-0.2, -0.15) is 0 Å². The average Bonchev–Trinajstić information content (AvgIpc) is 3.47. The molecule has 1 aliphatic carbocycles. The fourth-order valence-corrected chi connectivity index (χ4v) is 5.24. The number of benzene rings is 1. The van der Waals surface area contributed by atoms with Crippen molar-refractivity contribution in [3.8, 4) is 0 Å². The van der Waals surface area contributed by atoms with Crippen molar-refractivity contribution in [2.75, 3.05) is 26.2 Å². The average molecular weight is 367 g/mol. The zero-order valence-corrected chi connectivity index (χ0v) is 16.3. The molecule has 3 fully saturated rings. The highest BCUT2D eigenvalue weighted by molar-refractivity contribution is 5.22. The molecule has 1 spiro atoms. The van der Waals surface area contributed by atoms with Gasteiger partial charge in [0.25, 0.3) is 0 Å². The lowest BCUT2D eigenvalue weighted by Gasteiger charge is -2.50. The predicted octanol–water partition coefficient (Wildman–Crippen LogP) is 3.61. The predicted molar refractivity (Wildman–Crippen MR) is 104 cm³/mol. The lowest BCUT2D eigenvalue weighted by atomic mass is 9.68. The Bertz CT molecular complexity index is 762. The molecule has 0 bridgehead atoms. The lowest BCUT2D eigenvalue weighted by Crippen LogP contribution is -2.52. The number of aromatic nitrogens is 2. The van der Waals surface area contributed by atoms with E-state index < -0.39 is 0 Å². The molecule has 2 aromatic rings. The van der Waals surface area contributed by atoms with Crippen molar-refractivity contribution in [2.45, 2.75) is 57.5 Å². The maximum Gasteiger partial charge on any atom is 0.230 e. The highest BCUT2D eigenvalue weighted by Crippen LogP contribution is 2.47. The monoisotopic (exact) mass is 366 g/mol. The third-order valence-electron chi connectivity index (χ3n) is 6.85. The molecule has 27 heavy (non-hydrogen) atoms. The van der Waals surface area contributed by atoms with Crippen LogP contribution < -0.4 is 0 Å². The van der Waals surface area contributed by atoms with E-state index in [-0.39, 0.29) is 0 Å². The summed E-state index contributed by atoms with van der Waals surface area (Å²) < 4.78 is 5.58. The summed E-state index contributed by atoms with van der Waals surface area (Å²) in [7, 11) is 0. The Labute approximate surface area is 161 Å². The molecule has 0 amide bonds. The normalized spacial score (nSPS) is 26.5. The maximum atomic E-state index is 5.58. The Kier molecular flexibility index (Phi) is 4.52. The molecule has 2 aliphatic heterocycles. The Hall–Kier alpha value is -1.72. The van der Waals surface area contributed by atoms with Crippen LogP contribution in [0.2, 0.25) is 0 Å².